The van der Waals surface area contributed by atoms with Gasteiger partial charge in [-0.2, -0.15) is 5.10 Å². The Labute approximate surface area is 168 Å². The van der Waals surface area contributed by atoms with Crippen molar-refractivity contribution in [3.05, 3.63) is 74.6 Å². The molecule has 0 saturated heterocycles. The number of amides is 1. The molecule has 3 aromatic rings. The maximum absolute atomic E-state index is 12.9. The van der Waals surface area contributed by atoms with Crippen LogP contribution in [-0.2, 0) is 0 Å². The minimum Gasteiger partial charge on any atom is -0.330 e. The van der Waals surface area contributed by atoms with Crippen molar-refractivity contribution in [3.8, 4) is 0 Å². The summed E-state index contributed by atoms with van der Waals surface area (Å²) in [6.45, 7) is 2.44. The van der Waals surface area contributed by atoms with E-state index in [1.165, 1.54) is 12.1 Å². The van der Waals surface area contributed by atoms with E-state index in [0.29, 0.717) is 24.3 Å². The molecule has 142 valence electrons. The SMILES string of the molecule is CC1CC(c2ccc([N+](=O)[O-])cc2)=CCN1C(=O)c1cc2ncc(Br)cn2n1. The van der Waals surface area contributed by atoms with Crippen LogP contribution in [0, 0.1) is 10.1 Å². The van der Waals surface area contributed by atoms with Gasteiger partial charge < -0.3 is 4.90 Å². The van der Waals surface area contributed by atoms with Crippen LogP contribution < -0.4 is 0 Å². The second-order valence-electron chi connectivity index (χ2n) is 6.65. The van der Waals surface area contributed by atoms with Gasteiger partial charge >= 0.3 is 0 Å². The number of benzene rings is 1. The summed E-state index contributed by atoms with van der Waals surface area (Å²) >= 11 is 3.34. The largest absolute Gasteiger partial charge is 0.330 e. The maximum Gasteiger partial charge on any atom is 0.274 e. The zero-order chi connectivity index (χ0) is 19.8. The first-order chi connectivity index (χ1) is 13.4. The van der Waals surface area contributed by atoms with Gasteiger partial charge in [-0.3, -0.25) is 14.9 Å². The fourth-order valence-electron chi connectivity index (χ4n) is 3.32. The van der Waals surface area contributed by atoms with E-state index < -0.39 is 4.92 Å². The molecular formula is C19H16BrN5O3. The van der Waals surface area contributed by atoms with Gasteiger partial charge in [0.15, 0.2) is 11.3 Å². The minimum atomic E-state index is -0.412. The quantitative estimate of drug-likeness (QED) is 0.455. The summed E-state index contributed by atoms with van der Waals surface area (Å²) in [6, 6.07) is 8.16. The Hall–Kier alpha value is -3.07. The first-order valence-electron chi connectivity index (χ1n) is 8.68. The van der Waals surface area contributed by atoms with Crippen LogP contribution in [0.5, 0.6) is 0 Å². The fraction of sp³-hybridized carbons (Fsp3) is 0.211. The van der Waals surface area contributed by atoms with Crippen molar-refractivity contribution in [2.24, 2.45) is 0 Å². The highest BCUT2D eigenvalue weighted by molar-refractivity contribution is 9.10. The molecule has 1 aromatic carbocycles. The van der Waals surface area contributed by atoms with E-state index in [2.05, 4.69) is 26.0 Å². The first kappa shape index (κ1) is 18.3. The fourth-order valence-corrected chi connectivity index (χ4v) is 3.62. The lowest BCUT2D eigenvalue weighted by Crippen LogP contribution is -2.41. The van der Waals surface area contributed by atoms with Crippen LogP contribution >= 0.6 is 15.9 Å². The summed E-state index contributed by atoms with van der Waals surface area (Å²) in [4.78, 5) is 29.3. The molecule has 2 aromatic heterocycles. The smallest absolute Gasteiger partial charge is 0.274 e. The molecule has 0 fully saturated rings. The Morgan fingerprint density at radius 3 is 2.75 bits per heavy atom. The van der Waals surface area contributed by atoms with Crippen molar-refractivity contribution < 1.29 is 9.72 Å². The van der Waals surface area contributed by atoms with Crippen LogP contribution in [0.4, 0.5) is 5.69 Å². The van der Waals surface area contributed by atoms with Crippen LogP contribution in [0.25, 0.3) is 11.2 Å². The van der Waals surface area contributed by atoms with Crippen molar-refractivity contribution >= 4 is 38.7 Å². The molecular weight excluding hydrogens is 426 g/mol. The Kier molecular flexibility index (Phi) is 4.68. The number of fused-ring (bicyclic) bond motifs is 1. The highest BCUT2D eigenvalue weighted by Crippen LogP contribution is 2.28. The van der Waals surface area contributed by atoms with E-state index >= 15 is 0 Å². The van der Waals surface area contributed by atoms with E-state index in [1.54, 1.807) is 40.0 Å². The van der Waals surface area contributed by atoms with Gasteiger partial charge in [0.05, 0.1) is 9.40 Å². The highest BCUT2D eigenvalue weighted by Gasteiger charge is 2.27. The molecule has 1 unspecified atom stereocenters. The lowest BCUT2D eigenvalue weighted by molar-refractivity contribution is -0.384. The number of non-ortho nitro benzene ring substituents is 1. The molecule has 0 spiro atoms. The van der Waals surface area contributed by atoms with Gasteiger partial charge in [0.1, 0.15) is 0 Å². The number of rotatable bonds is 3. The normalized spacial score (nSPS) is 16.9. The van der Waals surface area contributed by atoms with Crippen molar-refractivity contribution in [1.29, 1.82) is 0 Å². The van der Waals surface area contributed by atoms with E-state index in [-0.39, 0.29) is 17.6 Å². The molecule has 1 aliphatic rings. The second-order valence-corrected chi connectivity index (χ2v) is 7.56. The number of hydrogen-bond acceptors (Lipinski definition) is 5. The third-order valence-electron chi connectivity index (χ3n) is 4.79. The summed E-state index contributed by atoms with van der Waals surface area (Å²) < 4.78 is 2.36. The Bertz CT molecular complexity index is 1110. The molecule has 1 amide bonds. The average molecular weight is 442 g/mol. The van der Waals surface area contributed by atoms with E-state index in [0.717, 1.165) is 15.6 Å². The van der Waals surface area contributed by atoms with Gasteiger partial charge in [0.2, 0.25) is 0 Å². The number of aromatic nitrogens is 3. The summed E-state index contributed by atoms with van der Waals surface area (Å²) in [5.41, 5.74) is 3.04. The lowest BCUT2D eigenvalue weighted by atomic mass is 9.94. The van der Waals surface area contributed by atoms with Gasteiger partial charge in [-0.1, -0.05) is 6.08 Å². The van der Waals surface area contributed by atoms with Crippen molar-refractivity contribution in [2.75, 3.05) is 6.54 Å². The molecule has 4 rings (SSSR count). The Morgan fingerprint density at radius 2 is 2.07 bits per heavy atom. The van der Waals surface area contributed by atoms with Crippen molar-refractivity contribution in [1.82, 2.24) is 19.5 Å². The number of nitrogens with zero attached hydrogens (tertiary/aromatic N) is 5. The lowest BCUT2D eigenvalue weighted by Gasteiger charge is -2.32. The molecule has 3 heterocycles. The first-order valence-corrected chi connectivity index (χ1v) is 9.47. The van der Waals surface area contributed by atoms with Crippen LogP contribution in [-0.4, -0.2) is 42.9 Å². The summed E-state index contributed by atoms with van der Waals surface area (Å²) in [5, 5.41) is 15.1. The molecule has 28 heavy (non-hydrogen) atoms. The number of nitro groups is 1. The number of halogens is 1. The van der Waals surface area contributed by atoms with E-state index in [1.807, 2.05) is 13.0 Å². The van der Waals surface area contributed by atoms with Crippen LogP contribution in [0.15, 0.2) is 53.3 Å². The topological polar surface area (TPSA) is 93.6 Å². The van der Waals surface area contributed by atoms with Gasteiger partial charge in [0, 0.05) is 43.2 Å². The number of hydrogen-bond donors (Lipinski definition) is 0. The average Bonchev–Trinajstić information content (AvgIpc) is 3.10. The number of carbonyl (C=O) groups is 1. The summed E-state index contributed by atoms with van der Waals surface area (Å²) in [7, 11) is 0. The molecule has 1 aliphatic heterocycles. The third kappa shape index (κ3) is 3.40. The molecule has 1 atom stereocenters. The minimum absolute atomic E-state index is 0.0211. The maximum atomic E-state index is 12.9. The molecule has 0 bridgehead atoms. The standard InChI is InChI=1S/C19H16BrN5O3/c1-12-8-14(13-2-4-16(5-3-13)25(27)28)6-7-23(12)19(26)17-9-18-21-10-15(20)11-24(18)22-17/h2-6,9-12H,7-8H2,1H3. The molecule has 0 aliphatic carbocycles. The van der Waals surface area contributed by atoms with Gasteiger partial charge in [0.25, 0.3) is 11.6 Å². The van der Waals surface area contributed by atoms with Crippen LogP contribution in [0.2, 0.25) is 0 Å². The predicted molar refractivity (Wildman–Crippen MR) is 107 cm³/mol. The van der Waals surface area contributed by atoms with Crippen molar-refractivity contribution in [2.45, 2.75) is 19.4 Å². The zero-order valence-corrected chi connectivity index (χ0v) is 16.5. The number of carbonyl (C=O) groups excluding carboxylic acids is 1. The Balaban J connectivity index is 1.55. The van der Waals surface area contributed by atoms with Gasteiger partial charge in [-0.25, -0.2) is 9.50 Å². The van der Waals surface area contributed by atoms with E-state index in [4.69, 9.17) is 0 Å². The van der Waals surface area contributed by atoms with Crippen LogP contribution in [0.1, 0.15) is 29.4 Å². The van der Waals surface area contributed by atoms with Gasteiger partial charge in [-0.05, 0) is 52.5 Å². The molecule has 0 radical (unpaired) electrons. The number of nitro benzene ring substituents is 1. The highest BCUT2D eigenvalue weighted by atomic mass is 79.9. The molecule has 0 N–H and O–H groups in total. The monoisotopic (exact) mass is 441 g/mol. The predicted octanol–water partition coefficient (Wildman–Crippen LogP) is 3.72. The summed E-state index contributed by atoms with van der Waals surface area (Å²) in [5.74, 6) is -0.145. The summed E-state index contributed by atoms with van der Waals surface area (Å²) in [6.07, 6.45) is 6.07. The molecule has 0 saturated carbocycles. The molecule has 8 nitrogen and oxygen atoms in total. The van der Waals surface area contributed by atoms with Gasteiger partial charge in [-0.15, -0.1) is 0 Å². The Morgan fingerprint density at radius 1 is 1.32 bits per heavy atom. The third-order valence-corrected chi connectivity index (χ3v) is 5.20. The second kappa shape index (κ2) is 7.16. The molecule has 9 heteroatoms. The van der Waals surface area contributed by atoms with Crippen LogP contribution in [0.3, 0.4) is 0 Å². The zero-order valence-electron chi connectivity index (χ0n) is 14.9. The van der Waals surface area contributed by atoms with Crippen molar-refractivity contribution in [3.63, 3.8) is 0 Å². The van der Waals surface area contributed by atoms with E-state index in [9.17, 15) is 14.9 Å².